The van der Waals surface area contributed by atoms with Crippen LogP contribution in [0.25, 0.3) is 0 Å². The minimum absolute atomic E-state index is 0.0402. The zero-order chi connectivity index (χ0) is 12.4. The number of hydrogen-bond donors (Lipinski definition) is 0. The number of benzene rings is 1. The molecule has 1 aromatic carbocycles. The third-order valence-electron chi connectivity index (χ3n) is 2.48. The van der Waals surface area contributed by atoms with Gasteiger partial charge in [-0.1, -0.05) is 18.2 Å². The van der Waals surface area contributed by atoms with Gasteiger partial charge in [-0.05, 0) is 26.0 Å². The maximum absolute atomic E-state index is 11.6. The van der Waals surface area contributed by atoms with Gasteiger partial charge in [-0.3, -0.25) is 4.79 Å². The van der Waals surface area contributed by atoms with Gasteiger partial charge in [-0.15, -0.1) is 0 Å². The molecule has 0 aliphatic heterocycles. The van der Waals surface area contributed by atoms with Crippen LogP contribution in [-0.2, 0) is 7.05 Å². The standard InChI is InChI=1S/C13H14N2O2/c1-9-12(10(2)16)13(15(3)14-9)17-11-7-5-4-6-8-11/h4-8H,1-3H3. The summed E-state index contributed by atoms with van der Waals surface area (Å²) in [6.07, 6.45) is 0. The van der Waals surface area contributed by atoms with E-state index in [0.717, 1.165) is 0 Å². The average molecular weight is 230 g/mol. The molecule has 0 aliphatic carbocycles. The van der Waals surface area contributed by atoms with Crippen LogP contribution in [0.1, 0.15) is 23.0 Å². The Kier molecular flexibility index (Phi) is 2.95. The predicted octanol–water partition coefficient (Wildman–Crippen LogP) is 2.72. The van der Waals surface area contributed by atoms with Gasteiger partial charge in [0.25, 0.3) is 0 Å². The summed E-state index contributed by atoms with van der Waals surface area (Å²) in [6.45, 7) is 3.32. The molecule has 4 heteroatoms. The molecule has 0 unspecified atom stereocenters. The maximum Gasteiger partial charge on any atom is 0.228 e. The summed E-state index contributed by atoms with van der Waals surface area (Å²) in [5.74, 6) is 1.14. The highest BCUT2D eigenvalue weighted by atomic mass is 16.5. The molecule has 0 amide bonds. The topological polar surface area (TPSA) is 44.1 Å². The zero-order valence-electron chi connectivity index (χ0n) is 10.1. The van der Waals surface area contributed by atoms with Gasteiger partial charge >= 0.3 is 0 Å². The van der Waals surface area contributed by atoms with E-state index in [1.165, 1.54) is 6.92 Å². The van der Waals surface area contributed by atoms with E-state index in [4.69, 9.17) is 4.74 Å². The summed E-state index contributed by atoms with van der Waals surface area (Å²) in [4.78, 5) is 11.6. The van der Waals surface area contributed by atoms with Crippen LogP contribution in [0.5, 0.6) is 11.6 Å². The fourth-order valence-corrected chi connectivity index (χ4v) is 1.76. The van der Waals surface area contributed by atoms with E-state index < -0.39 is 0 Å². The van der Waals surface area contributed by atoms with Crippen molar-refractivity contribution in [3.63, 3.8) is 0 Å². The molecule has 0 atom stereocenters. The molecule has 0 bridgehead atoms. The van der Waals surface area contributed by atoms with E-state index in [-0.39, 0.29) is 5.78 Å². The summed E-state index contributed by atoms with van der Waals surface area (Å²) < 4.78 is 7.28. The minimum atomic E-state index is -0.0402. The van der Waals surface area contributed by atoms with Crippen LogP contribution < -0.4 is 4.74 Å². The van der Waals surface area contributed by atoms with Crippen molar-refractivity contribution in [3.05, 3.63) is 41.6 Å². The molecule has 0 saturated carbocycles. The van der Waals surface area contributed by atoms with Crippen LogP contribution in [0.15, 0.2) is 30.3 Å². The van der Waals surface area contributed by atoms with E-state index >= 15 is 0 Å². The Morgan fingerprint density at radius 2 is 1.94 bits per heavy atom. The number of hydrogen-bond acceptors (Lipinski definition) is 3. The van der Waals surface area contributed by atoms with Crippen molar-refractivity contribution >= 4 is 5.78 Å². The molecular formula is C13H14N2O2. The van der Waals surface area contributed by atoms with Crippen LogP contribution in [0, 0.1) is 6.92 Å². The van der Waals surface area contributed by atoms with Crippen molar-refractivity contribution < 1.29 is 9.53 Å². The number of para-hydroxylation sites is 1. The SMILES string of the molecule is CC(=O)c1c(C)nn(C)c1Oc1ccccc1. The van der Waals surface area contributed by atoms with Gasteiger partial charge in [0.15, 0.2) is 5.78 Å². The highest BCUT2D eigenvalue weighted by Gasteiger charge is 2.18. The Morgan fingerprint density at radius 3 is 2.53 bits per heavy atom. The monoisotopic (exact) mass is 230 g/mol. The molecular weight excluding hydrogens is 216 g/mol. The van der Waals surface area contributed by atoms with Crippen molar-refractivity contribution in [2.45, 2.75) is 13.8 Å². The Hall–Kier alpha value is -2.10. The Morgan fingerprint density at radius 1 is 1.29 bits per heavy atom. The second kappa shape index (κ2) is 4.41. The van der Waals surface area contributed by atoms with E-state index in [1.54, 1.807) is 18.7 Å². The number of rotatable bonds is 3. The number of carbonyl (C=O) groups is 1. The Bertz CT molecular complexity index is 544. The molecule has 1 heterocycles. The smallest absolute Gasteiger partial charge is 0.228 e. The summed E-state index contributed by atoms with van der Waals surface area (Å²) >= 11 is 0. The van der Waals surface area contributed by atoms with Gasteiger partial charge in [0.05, 0.1) is 5.69 Å². The molecule has 88 valence electrons. The van der Waals surface area contributed by atoms with Crippen molar-refractivity contribution in [1.29, 1.82) is 0 Å². The van der Waals surface area contributed by atoms with Gasteiger partial charge in [-0.2, -0.15) is 5.10 Å². The lowest BCUT2D eigenvalue weighted by molar-refractivity contribution is 0.101. The molecule has 0 saturated heterocycles. The fourth-order valence-electron chi connectivity index (χ4n) is 1.76. The highest BCUT2D eigenvalue weighted by Crippen LogP contribution is 2.27. The molecule has 2 rings (SSSR count). The quantitative estimate of drug-likeness (QED) is 0.761. The van der Waals surface area contributed by atoms with Crippen LogP contribution in [0.3, 0.4) is 0 Å². The average Bonchev–Trinajstić information content (AvgIpc) is 2.55. The molecule has 4 nitrogen and oxygen atoms in total. The number of ketones is 1. The van der Waals surface area contributed by atoms with Gasteiger partial charge in [0.2, 0.25) is 5.88 Å². The molecule has 2 aromatic rings. The van der Waals surface area contributed by atoms with Crippen molar-refractivity contribution in [1.82, 2.24) is 9.78 Å². The number of carbonyl (C=O) groups excluding carboxylic acids is 1. The second-order valence-corrected chi connectivity index (χ2v) is 3.86. The molecule has 0 fully saturated rings. The van der Waals surface area contributed by atoms with Crippen molar-refractivity contribution in [2.24, 2.45) is 7.05 Å². The lowest BCUT2D eigenvalue weighted by Crippen LogP contribution is -1.99. The summed E-state index contributed by atoms with van der Waals surface area (Å²) in [6, 6.07) is 9.35. The van der Waals surface area contributed by atoms with Gasteiger partial charge in [0, 0.05) is 7.05 Å². The van der Waals surface area contributed by atoms with E-state index in [0.29, 0.717) is 22.9 Å². The number of nitrogens with zero attached hydrogens (tertiary/aromatic N) is 2. The van der Waals surface area contributed by atoms with Crippen LogP contribution in [0.4, 0.5) is 0 Å². The van der Waals surface area contributed by atoms with Crippen LogP contribution in [-0.4, -0.2) is 15.6 Å². The van der Waals surface area contributed by atoms with Gasteiger partial charge in [0.1, 0.15) is 11.3 Å². The third kappa shape index (κ3) is 2.20. The van der Waals surface area contributed by atoms with Crippen LogP contribution in [0.2, 0.25) is 0 Å². The molecule has 0 radical (unpaired) electrons. The largest absolute Gasteiger partial charge is 0.439 e. The third-order valence-corrected chi connectivity index (χ3v) is 2.48. The first-order valence-electron chi connectivity index (χ1n) is 5.37. The van der Waals surface area contributed by atoms with Crippen molar-refractivity contribution in [2.75, 3.05) is 0 Å². The highest BCUT2D eigenvalue weighted by molar-refractivity contribution is 5.97. The molecule has 0 N–H and O–H groups in total. The fraction of sp³-hybridized carbons (Fsp3) is 0.231. The second-order valence-electron chi connectivity index (χ2n) is 3.86. The Labute approximate surface area is 99.8 Å². The van der Waals surface area contributed by atoms with Gasteiger partial charge in [-0.25, -0.2) is 4.68 Å². The Balaban J connectivity index is 2.42. The summed E-state index contributed by atoms with van der Waals surface area (Å²) in [5.41, 5.74) is 1.22. The maximum atomic E-state index is 11.6. The van der Waals surface area contributed by atoms with Crippen molar-refractivity contribution in [3.8, 4) is 11.6 Å². The number of aryl methyl sites for hydroxylation is 2. The van der Waals surface area contributed by atoms with E-state index in [2.05, 4.69) is 5.10 Å². The van der Waals surface area contributed by atoms with E-state index in [1.807, 2.05) is 30.3 Å². The first-order chi connectivity index (χ1) is 8.09. The lowest BCUT2D eigenvalue weighted by Gasteiger charge is -2.06. The summed E-state index contributed by atoms with van der Waals surface area (Å²) in [7, 11) is 1.76. The lowest BCUT2D eigenvalue weighted by atomic mass is 10.2. The number of Topliss-reactive ketones (excluding diaryl/α,β-unsaturated/α-hetero) is 1. The molecule has 17 heavy (non-hydrogen) atoms. The molecule has 0 aliphatic rings. The normalized spacial score (nSPS) is 10.3. The summed E-state index contributed by atoms with van der Waals surface area (Å²) in [5, 5.41) is 4.20. The molecule has 1 aromatic heterocycles. The van der Waals surface area contributed by atoms with Gasteiger partial charge < -0.3 is 4.74 Å². The first-order valence-corrected chi connectivity index (χ1v) is 5.37. The minimum Gasteiger partial charge on any atom is -0.439 e. The van der Waals surface area contributed by atoms with E-state index in [9.17, 15) is 4.79 Å². The number of aromatic nitrogens is 2. The predicted molar refractivity (Wildman–Crippen MR) is 64.5 cm³/mol. The first kappa shape index (κ1) is 11.4. The van der Waals surface area contributed by atoms with Crippen LogP contribution >= 0.6 is 0 Å². The molecule has 0 spiro atoms. The zero-order valence-corrected chi connectivity index (χ0v) is 10.1. The number of ether oxygens (including phenoxy) is 1.